The molecule has 24 heavy (non-hydrogen) atoms. The molecular weight excluding hydrogens is 324 g/mol. The number of rotatable bonds is 2. The van der Waals surface area contributed by atoms with Gasteiger partial charge in [-0.1, -0.05) is 20.8 Å². The second-order valence-electron chi connectivity index (χ2n) is 7.80. The van der Waals surface area contributed by atoms with Gasteiger partial charge in [0.1, 0.15) is 0 Å². The topological polar surface area (TPSA) is 57.7 Å². The minimum atomic E-state index is -3.48. The number of anilines is 1. The monoisotopic (exact) mass is 350 g/mol. The van der Waals surface area contributed by atoms with Gasteiger partial charge in [0.25, 0.3) is 0 Å². The predicted octanol–water partition coefficient (Wildman–Crippen LogP) is 2.75. The van der Waals surface area contributed by atoms with Crippen LogP contribution in [0, 0.1) is 5.92 Å². The lowest BCUT2D eigenvalue weighted by Crippen LogP contribution is -2.41. The number of carbonyl (C=O) groups is 1. The summed E-state index contributed by atoms with van der Waals surface area (Å²) >= 11 is 0. The van der Waals surface area contributed by atoms with E-state index in [1.54, 1.807) is 34.5 Å². The Morgan fingerprint density at radius 2 is 1.96 bits per heavy atom. The number of sulfonamides is 1. The van der Waals surface area contributed by atoms with E-state index in [1.165, 1.54) is 0 Å². The molecule has 1 atom stereocenters. The molecule has 1 aromatic carbocycles. The van der Waals surface area contributed by atoms with Gasteiger partial charge >= 0.3 is 0 Å². The van der Waals surface area contributed by atoms with Crippen LogP contribution in [-0.2, 0) is 20.2 Å². The summed E-state index contributed by atoms with van der Waals surface area (Å²) in [6.07, 6.45) is 2.38. The van der Waals surface area contributed by atoms with Gasteiger partial charge in [-0.2, -0.15) is 4.31 Å². The zero-order chi connectivity index (χ0) is 17.7. The van der Waals surface area contributed by atoms with Crippen LogP contribution >= 0.6 is 0 Å². The Labute approximate surface area is 144 Å². The first-order chi connectivity index (χ1) is 11.1. The van der Waals surface area contributed by atoms with Crippen LogP contribution in [0.2, 0.25) is 0 Å². The highest BCUT2D eigenvalue weighted by Gasteiger charge is 2.37. The van der Waals surface area contributed by atoms with Gasteiger partial charge in [-0.25, -0.2) is 8.42 Å². The SMILES string of the molecule is CC1CCCN(S(=O)(=O)c2ccc3c(c2)C(C)(C)CC(=O)N3C)C1. The highest BCUT2D eigenvalue weighted by molar-refractivity contribution is 7.89. The molecule has 6 heteroatoms. The zero-order valence-corrected chi connectivity index (χ0v) is 15.7. The van der Waals surface area contributed by atoms with Crippen molar-refractivity contribution in [2.75, 3.05) is 25.0 Å². The van der Waals surface area contributed by atoms with E-state index in [-0.39, 0.29) is 11.3 Å². The van der Waals surface area contributed by atoms with Crippen molar-refractivity contribution >= 4 is 21.6 Å². The molecule has 1 aromatic rings. The molecule has 1 amide bonds. The van der Waals surface area contributed by atoms with Crippen molar-refractivity contribution < 1.29 is 13.2 Å². The Kier molecular flexibility index (Phi) is 4.24. The summed E-state index contributed by atoms with van der Waals surface area (Å²) in [4.78, 5) is 14.1. The summed E-state index contributed by atoms with van der Waals surface area (Å²) in [5, 5.41) is 0. The number of fused-ring (bicyclic) bond motifs is 1. The summed E-state index contributed by atoms with van der Waals surface area (Å²) in [6.45, 7) is 7.26. The molecule has 0 saturated carbocycles. The number of hydrogen-bond acceptors (Lipinski definition) is 3. The summed E-state index contributed by atoms with van der Waals surface area (Å²) < 4.78 is 27.6. The molecule has 1 fully saturated rings. The Morgan fingerprint density at radius 3 is 2.62 bits per heavy atom. The van der Waals surface area contributed by atoms with E-state index in [4.69, 9.17) is 0 Å². The van der Waals surface area contributed by atoms with E-state index in [0.717, 1.165) is 24.1 Å². The molecule has 2 aliphatic rings. The lowest BCUT2D eigenvalue weighted by atomic mass is 9.77. The van der Waals surface area contributed by atoms with Crippen LogP contribution in [-0.4, -0.2) is 38.8 Å². The molecule has 0 bridgehead atoms. The Morgan fingerprint density at radius 1 is 1.25 bits per heavy atom. The summed E-state index contributed by atoms with van der Waals surface area (Å²) in [5.41, 5.74) is 1.37. The predicted molar refractivity (Wildman–Crippen MR) is 94.7 cm³/mol. The molecule has 0 radical (unpaired) electrons. The Bertz CT molecular complexity index is 770. The Hall–Kier alpha value is -1.40. The van der Waals surface area contributed by atoms with Crippen molar-refractivity contribution in [2.24, 2.45) is 5.92 Å². The molecule has 0 spiro atoms. The van der Waals surface area contributed by atoms with Gasteiger partial charge in [0, 0.05) is 37.7 Å². The first-order valence-corrected chi connectivity index (χ1v) is 9.98. The fraction of sp³-hybridized carbons (Fsp3) is 0.611. The number of piperidine rings is 1. The zero-order valence-electron chi connectivity index (χ0n) is 14.9. The van der Waals surface area contributed by atoms with Crippen molar-refractivity contribution in [1.82, 2.24) is 4.31 Å². The van der Waals surface area contributed by atoms with Gasteiger partial charge < -0.3 is 4.90 Å². The van der Waals surface area contributed by atoms with E-state index >= 15 is 0 Å². The van der Waals surface area contributed by atoms with Gasteiger partial charge in [-0.05, 0) is 42.5 Å². The maximum Gasteiger partial charge on any atom is 0.243 e. The summed E-state index contributed by atoms with van der Waals surface area (Å²) in [6, 6.07) is 5.18. The number of benzene rings is 1. The van der Waals surface area contributed by atoms with E-state index in [1.807, 2.05) is 13.8 Å². The van der Waals surface area contributed by atoms with Crippen molar-refractivity contribution in [3.63, 3.8) is 0 Å². The van der Waals surface area contributed by atoms with Crippen LogP contribution in [0.25, 0.3) is 0 Å². The molecular formula is C18H26N2O3S. The Balaban J connectivity index is 2.03. The third-order valence-corrected chi connectivity index (χ3v) is 7.14. The first kappa shape index (κ1) is 17.4. The summed E-state index contributed by atoms with van der Waals surface area (Å²) in [5.74, 6) is 0.458. The third kappa shape index (κ3) is 2.86. The van der Waals surface area contributed by atoms with Gasteiger partial charge in [-0.3, -0.25) is 4.79 Å². The van der Waals surface area contributed by atoms with Crippen LogP contribution in [0.15, 0.2) is 23.1 Å². The number of carbonyl (C=O) groups excluding carboxylic acids is 1. The smallest absolute Gasteiger partial charge is 0.243 e. The van der Waals surface area contributed by atoms with Crippen LogP contribution in [0.5, 0.6) is 0 Å². The standard InChI is InChI=1S/C18H26N2O3S/c1-13-6-5-9-20(12-13)24(22,23)14-7-8-16-15(10-14)18(2,3)11-17(21)19(16)4/h7-8,10,13H,5-6,9,11-12H2,1-4H3. The molecule has 2 heterocycles. The minimum absolute atomic E-state index is 0.0629. The van der Waals surface area contributed by atoms with Crippen molar-refractivity contribution in [3.05, 3.63) is 23.8 Å². The first-order valence-electron chi connectivity index (χ1n) is 8.54. The molecule has 3 rings (SSSR count). The molecule has 5 nitrogen and oxygen atoms in total. The van der Waals surface area contributed by atoms with Crippen LogP contribution in [0.1, 0.15) is 45.6 Å². The van der Waals surface area contributed by atoms with Gasteiger partial charge in [0.2, 0.25) is 15.9 Å². The van der Waals surface area contributed by atoms with E-state index in [0.29, 0.717) is 30.3 Å². The fourth-order valence-corrected chi connectivity index (χ4v) is 5.38. The lowest BCUT2D eigenvalue weighted by Gasteiger charge is -2.37. The molecule has 0 aliphatic carbocycles. The molecule has 2 aliphatic heterocycles. The average molecular weight is 350 g/mol. The molecule has 132 valence electrons. The van der Waals surface area contributed by atoms with Crippen molar-refractivity contribution in [3.8, 4) is 0 Å². The number of hydrogen-bond donors (Lipinski definition) is 0. The maximum absolute atomic E-state index is 13.0. The molecule has 0 N–H and O–H groups in total. The van der Waals surface area contributed by atoms with E-state index in [9.17, 15) is 13.2 Å². The van der Waals surface area contributed by atoms with E-state index < -0.39 is 10.0 Å². The normalized spacial score (nSPS) is 24.8. The average Bonchev–Trinajstić information content (AvgIpc) is 2.52. The molecule has 0 aromatic heterocycles. The maximum atomic E-state index is 13.0. The van der Waals surface area contributed by atoms with Crippen LogP contribution in [0.3, 0.4) is 0 Å². The van der Waals surface area contributed by atoms with E-state index in [2.05, 4.69) is 6.92 Å². The highest BCUT2D eigenvalue weighted by atomic mass is 32.2. The van der Waals surface area contributed by atoms with Gasteiger partial charge in [0.05, 0.1) is 4.90 Å². The largest absolute Gasteiger partial charge is 0.315 e. The van der Waals surface area contributed by atoms with Crippen molar-refractivity contribution in [1.29, 1.82) is 0 Å². The number of nitrogens with zero attached hydrogens (tertiary/aromatic N) is 2. The molecule has 1 unspecified atom stereocenters. The second-order valence-corrected chi connectivity index (χ2v) is 9.74. The van der Waals surface area contributed by atoms with Crippen LogP contribution < -0.4 is 4.90 Å². The van der Waals surface area contributed by atoms with Gasteiger partial charge in [0.15, 0.2) is 0 Å². The highest BCUT2D eigenvalue weighted by Crippen LogP contribution is 2.41. The quantitative estimate of drug-likeness (QED) is 0.824. The van der Waals surface area contributed by atoms with Crippen LogP contribution in [0.4, 0.5) is 5.69 Å². The third-order valence-electron chi connectivity index (χ3n) is 5.28. The van der Waals surface area contributed by atoms with Crippen molar-refractivity contribution in [2.45, 2.75) is 50.3 Å². The fourth-order valence-electron chi connectivity index (χ4n) is 3.75. The summed E-state index contributed by atoms with van der Waals surface area (Å²) in [7, 11) is -1.73. The minimum Gasteiger partial charge on any atom is -0.315 e. The number of amides is 1. The molecule has 1 saturated heterocycles. The van der Waals surface area contributed by atoms with Gasteiger partial charge in [-0.15, -0.1) is 0 Å². The second kappa shape index (κ2) is 5.85. The lowest BCUT2D eigenvalue weighted by molar-refractivity contribution is -0.119.